The molecule has 1 heterocycles. The second-order valence-corrected chi connectivity index (χ2v) is 6.08. The molecule has 0 aromatic carbocycles. The molecule has 0 saturated carbocycles. The monoisotopic (exact) mass is 244 g/mol. The molecule has 0 fully saturated rings. The molecule has 0 spiro atoms. The zero-order valence-corrected chi connectivity index (χ0v) is 11.2. The smallest absolute Gasteiger partial charge is 0.226 e. The van der Waals surface area contributed by atoms with Gasteiger partial charge in [0, 0.05) is 12.0 Å². The molecular formula is C11H20N2O2S. The molecule has 1 N–H and O–H groups in total. The molecule has 0 saturated heterocycles. The SMILES string of the molecule is C[C@H](CO)CSCc1nnc(C(C)(C)C)o1. The van der Waals surface area contributed by atoms with Crippen molar-refractivity contribution in [2.75, 3.05) is 12.4 Å². The van der Waals surface area contributed by atoms with Crippen LogP contribution in [-0.4, -0.2) is 27.7 Å². The molecule has 1 atom stereocenters. The lowest BCUT2D eigenvalue weighted by atomic mass is 9.97. The van der Waals surface area contributed by atoms with E-state index in [4.69, 9.17) is 9.52 Å². The summed E-state index contributed by atoms with van der Waals surface area (Å²) in [6.07, 6.45) is 0. The Kier molecular flexibility index (Phi) is 4.80. The minimum Gasteiger partial charge on any atom is -0.424 e. The predicted octanol–water partition coefficient (Wildman–Crippen LogP) is 2.23. The number of hydrogen-bond acceptors (Lipinski definition) is 5. The number of hydrogen-bond donors (Lipinski definition) is 1. The maximum absolute atomic E-state index is 8.88. The minimum atomic E-state index is -0.0890. The Labute approximate surface area is 101 Å². The Morgan fingerprint density at radius 3 is 2.56 bits per heavy atom. The zero-order chi connectivity index (χ0) is 12.2. The van der Waals surface area contributed by atoms with Crippen molar-refractivity contribution in [1.82, 2.24) is 10.2 Å². The van der Waals surface area contributed by atoms with Crippen LogP contribution >= 0.6 is 11.8 Å². The van der Waals surface area contributed by atoms with E-state index in [-0.39, 0.29) is 12.0 Å². The van der Waals surface area contributed by atoms with Crippen molar-refractivity contribution in [3.63, 3.8) is 0 Å². The molecule has 1 rings (SSSR count). The topological polar surface area (TPSA) is 59.2 Å². The van der Waals surface area contributed by atoms with Crippen LogP contribution in [0.25, 0.3) is 0 Å². The molecule has 0 amide bonds. The summed E-state index contributed by atoms with van der Waals surface area (Å²) in [5, 5.41) is 16.9. The van der Waals surface area contributed by atoms with Gasteiger partial charge in [0.2, 0.25) is 11.8 Å². The molecule has 4 nitrogen and oxygen atoms in total. The first-order valence-electron chi connectivity index (χ1n) is 5.45. The predicted molar refractivity (Wildman–Crippen MR) is 65.4 cm³/mol. The summed E-state index contributed by atoms with van der Waals surface area (Å²) in [5.41, 5.74) is -0.0890. The quantitative estimate of drug-likeness (QED) is 0.860. The molecule has 0 radical (unpaired) electrons. The number of nitrogens with zero attached hydrogens (tertiary/aromatic N) is 2. The highest BCUT2D eigenvalue weighted by Crippen LogP contribution is 2.22. The number of aromatic nitrogens is 2. The number of aliphatic hydroxyl groups excluding tert-OH is 1. The van der Waals surface area contributed by atoms with Crippen LogP contribution in [0.1, 0.15) is 39.5 Å². The van der Waals surface area contributed by atoms with Gasteiger partial charge in [-0.05, 0) is 11.7 Å². The van der Waals surface area contributed by atoms with Gasteiger partial charge < -0.3 is 9.52 Å². The lowest BCUT2D eigenvalue weighted by molar-refractivity contribution is 0.250. The Morgan fingerprint density at radius 2 is 2.06 bits per heavy atom. The van der Waals surface area contributed by atoms with Gasteiger partial charge in [-0.1, -0.05) is 27.7 Å². The molecule has 1 aromatic rings. The summed E-state index contributed by atoms with van der Waals surface area (Å²) < 4.78 is 5.56. The van der Waals surface area contributed by atoms with Gasteiger partial charge >= 0.3 is 0 Å². The lowest BCUT2D eigenvalue weighted by Crippen LogP contribution is -2.11. The van der Waals surface area contributed by atoms with Crippen LogP contribution in [0.3, 0.4) is 0 Å². The first kappa shape index (κ1) is 13.5. The Bertz CT molecular complexity index is 320. The van der Waals surface area contributed by atoms with Gasteiger partial charge in [0.05, 0.1) is 5.75 Å². The minimum absolute atomic E-state index is 0.0890. The molecule has 0 aliphatic heterocycles. The third-order valence-electron chi connectivity index (χ3n) is 2.05. The van der Waals surface area contributed by atoms with Crippen LogP contribution in [0.2, 0.25) is 0 Å². The van der Waals surface area contributed by atoms with Crippen LogP contribution in [0.4, 0.5) is 0 Å². The highest BCUT2D eigenvalue weighted by molar-refractivity contribution is 7.98. The highest BCUT2D eigenvalue weighted by atomic mass is 32.2. The Morgan fingerprint density at radius 1 is 1.38 bits per heavy atom. The van der Waals surface area contributed by atoms with Crippen molar-refractivity contribution >= 4 is 11.8 Å². The van der Waals surface area contributed by atoms with Gasteiger partial charge in [-0.25, -0.2) is 0 Å². The summed E-state index contributed by atoms with van der Waals surface area (Å²) >= 11 is 1.71. The average molecular weight is 244 g/mol. The number of aliphatic hydroxyl groups is 1. The highest BCUT2D eigenvalue weighted by Gasteiger charge is 2.21. The van der Waals surface area contributed by atoms with E-state index >= 15 is 0 Å². The van der Waals surface area contributed by atoms with Crippen LogP contribution in [0.15, 0.2) is 4.42 Å². The fourth-order valence-electron chi connectivity index (χ4n) is 1.02. The molecule has 0 aliphatic carbocycles. The second kappa shape index (κ2) is 5.68. The van der Waals surface area contributed by atoms with Gasteiger partial charge in [-0.2, -0.15) is 11.8 Å². The van der Waals surface area contributed by atoms with Gasteiger partial charge in [-0.15, -0.1) is 10.2 Å². The van der Waals surface area contributed by atoms with Crippen molar-refractivity contribution in [3.05, 3.63) is 11.8 Å². The largest absolute Gasteiger partial charge is 0.424 e. The van der Waals surface area contributed by atoms with Crippen molar-refractivity contribution in [2.45, 2.75) is 38.9 Å². The fourth-order valence-corrected chi connectivity index (χ4v) is 1.93. The van der Waals surface area contributed by atoms with Crippen molar-refractivity contribution in [1.29, 1.82) is 0 Å². The van der Waals surface area contributed by atoms with Crippen molar-refractivity contribution in [3.8, 4) is 0 Å². The van der Waals surface area contributed by atoms with Crippen LogP contribution in [0, 0.1) is 5.92 Å². The van der Waals surface area contributed by atoms with Gasteiger partial charge in [0.1, 0.15) is 0 Å². The molecular weight excluding hydrogens is 224 g/mol. The maximum Gasteiger partial charge on any atom is 0.226 e. The molecule has 16 heavy (non-hydrogen) atoms. The zero-order valence-electron chi connectivity index (χ0n) is 10.4. The third kappa shape index (κ3) is 4.14. The molecule has 0 aliphatic rings. The Hall–Kier alpha value is -0.550. The first-order valence-corrected chi connectivity index (χ1v) is 6.60. The van der Waals surface area contributed by atoms with Gasteiger partial charge in [0.25, 0.3) is 0 Å². The maximum atomic E-state index is 8.88. The summed E-state index contributed by atoms with van der Waals surface area (Å²) in [5.74, 6) is 3.28. The average Bonchev–Trinajstić information content (AvgIpc) is 2.65. The van der Waals surface area contributed by atoms with E-state index in [0.29, 0.717) is 23.5 Å². The number of rotatable bonds is 5. The summed E-state index contributed by atoms with van der Waals surface area (Å²) in [4.78, 5) is 0. The van der Waals surface area contributed by atoms with E-state index in [2.05, 4.69) is 10.2 Å². The first-order chi connectivity index (χ1) is 7.43. The Balaban J connectivity index is 2.41. The van der Waals surface area contributed by atoms with E-state index in [0.717, 1.165) is 5.75 Å². The van der Waals surface area contributed by atoms with E-state index in [1.807, 2.05) is 27.7 Å². The van der Waals surface area contributed by atoms with Crippen LogP contribution in [-0.2, 0) is 11.2 Å². The van der Waals surface area contributed by atoms with Gasteiger partial charge in [0.15, 0.2) is 0 Å². The lowest BCUT2D eigenvalue weighted by Gasteiger charge is -2.11. The fraction of sp³-hybridized carbons (Fsp3) is 0.818. The van der Waals surface area contributed by atoms with Crippen LogP contribution in [0.5, 0.6) is 0 Å². The molecule has 0 unspecified atom stereocenters. The van der Waals surface area contributed by atoms with E-state index < -0.39 is 0 Å². The molecule has 92 valence electrons. The van der Waals surface area contributed by atoms with E-state index in [9.17, 15) is 0 Å². The third-order valence-corrected chi connectivity index (χ3v) is 3.30. The second-order valence-electron chi connectivity index (χ2n) is 5.05. The summed E-state index contributed by atoms with van der Waals surface area (Å²) in [7, 11) is 0. The molecule has 5 heteroatoms. The van der Waals surface area contributed by atoms with E-state index in [1.165, 1.54) is 0 Å². The standard InChI is InChI=1S/C11H20N2O2S/c1-8(5-14)6-16-7-9-12-13-10(15-9)11(2,3)4/h8,14H,5-7H2,1-4H3/t8-/m1/s1. The number of thioether (sulfide) groups is 1. The normalized spacial score (nSPS) is 14.1. The molecule has 1 aromatic heterocycles. The van der Waals surface area contributed by atoms with Crippen molar-refractivity contribution in [2.24, 2.45) is 5.92 Å². The van der Waals surface area contributed by atoms with Gasteiger partial charge in [-0.3, -0.25) is 0 Å². The van der Waals surface area contributed by atoms with Crippen molar-refractivity contribution < 1.29 is 9.52 Å². The summed E-state index contributed by atoms with van der Waals surface area (Å²) in [6, 6.07) is 0. The molecule has 0 bridgehead atoms. The van der Waals surface area contributed by atoms with Crippen LogP contribution < -0.4 is 0 Å². The summed E-state index contributed by atoms with van der Waals surface area (Å²) in [6.45, 7) is 8.38. The van der Waals surface area contributed by atoms with E-state index in [1.54, 1.807) is 11.8 Å².